The van der Waals surface area contributed by atoms with Gasteiger partial charge in [0.25, 0.3) is 0 Å². The third-order valence-corrected chi connectivity index (χ3v) is 17.8. The first kappa shape index (κ1) is 48.6. The van der Waals surface area contributed by atoms with Crippen LogP contribution in [0.5, 0.6) is 0 Å². The molecule has 0 saturated heterocycles. The summed E-state index contributed by atoms with van der Waals surface area (Å²) in [6.07, 6.45) is 0. The van der Waals surface area contributed by atoms with Crippen LogP contribution in [-0.2, 0) is 17.4 Å². The van der Waals surface area contributed by atoms with Gasteiger partial charge in [-0.2, -0.15) is 0 Å². The van der Waals surface area contributed by atoms with Crippen molar-refractivity contribution in [2.45, 2.75) is 0 Å². The average Bonchev–Trinajstić information content (AvgIpc) is 3.33. The minimum Gasteiger partial charge on any atom is -0.0620 e. The van der Waals surface area contributed by atoms with Gasteiger partial charge in [0.1, 0.15) is 47.7 Å². The van der Waals surface area contributed by atoms with Crippen LogP contribution in [0.4, 0.5) is 9.95 Å². The molecule has 308 valence electrons. The summed E-state index contributed by atoms with van der Waals surface area (Å²) >= 11 is -4.67. The number of rotatable bonds is 9. The van der Waals surface area contributed by atoms with Crippen molar-refractivity contribution in [3.05, 3.63) is 273 Å². The van der Waals surface area contributed by atoms with Crippen LogP contribution in [0.15, 0.2) is 273 Å². The zero-order chi connectivity index (χ0) is 42.3. The molecule has 0 aromatic heterocycles. The van der Waals surface area contributed by atoms with E-state index in [2.05, 4.69) is 273 Å². The van der Waals surface area contributed by atoms with E-state index in [4.69, 9.17) is 0 Å². The molecule has 0 nitrogen and oxygen atoms in total. The zero-order valence-electron chi connectivity index (χ0n) is 34.0. The van der Waals surface area contributed by atoms with E-state index >= 15 is 0 Å². The van der Waals surface area contributed by atoms with Gasteiger partial charge in [-0.3, -0.25) is 0 Å². The molecule has 0 amide bonds. The fourth-order valence-corrected chi connectivity index (χ4v) is 14.7. The van der Waals surface area contributed by atoms with Crippen LogP contribution in [0.3, 0.4) is 0 Å². The Balaban J connectivity index is 0.000000167. The maximum atomic E-state index is 9.81. The van der Waals surface area contributed by atoms with Crippen molar-refractivity contribution >= 4 is 98.8 Å². The molecule has 1 radical (unpaired) electrons. The molecule has 0 aliphatic rings. The number of hydrogen-bond acceptors (Lipinski definition) is 0. The van der Waals surface area contributed by atoms with Crippen molar-refractivity contribution in [2.24, 2.45) is 0 Å². The van der Waals surface area contributed by atoms with Crippen molar-refractivity contribution in [3.8, 4) is 0 Å². The van der Waals surface area contributed by atoms with Gasteiger partial charge >= 0.3 is 27.4 Å². The summed E-state index contributed by atoms with van der Waals surface area (Å²) in [5.74, 6) is 0. The molecule has 0 aliphatic heterocycles. The second-order valence-electron chi connectivity index (χ2n) is 13.6. The molecular weight excluding hydrogens is 1100 g/mol. The van der Waals surface area contributed by atoms with Crippen molar-refractivity contribution in [2.75, 3.05) is 0 Å². The van der Waals surface area contributed by atoms with Gasteiger partial charge in [-0.25, -0.2) is 0 Å². The maximum absolute atomic E-state index is 9.81. The summed E-state index contributed by atoms with van der Waals surface area (Å²) in [5, 5.41) is 12.9. The number of hydrogen-bond donors (Lipinski definition) is 0. The Morgan fingerprint density at radius 2 is 0.274 bits per heavy atom. The molecule has 0 N–H and O–H groups in total. The summed E-state index contributed by atoms with van der Waals surface area (Å²) in [5.41, 5.74) is 0. The minimum absolute atomic E-state index is 0. The minimum atomic E-state index is -4.67. The fourth-order valence-electron chi connectivity index (χ4n) is 6.94. The van der Waals surface area contributed by atoms with E-state index in [-0.39, 0.29) is 27.3 Å². The average molecular weight is 1150 g/mol. The van der Waals surface area contributed by atoms with Gasteiger partial charge in [0.2, 0.25) is 0 Å². The monoisotopic (exact) mass is 1150 g/mol. The van der Waals surface area contributed by atoms with Crippen LogP contribution in [-0.4, -0.2) is 27.3 Å². The van der Waals surface area contributed by atoms with Gasteiger partial charge in [0, 0.05) is 27.3 Å². The third-order valence-electron chi connectivity index (χ3n) is 9.56. The largest absolute Gasteiger partial charge is 0.102 e. The van der Waals surface area contributed by atoms with Crippen LogP contribution in [0, 0.1) is 0 Å². The van der Waals surface area contributed by atoms with Crippen LogP contribution < -0.4 is 47.7 Å². The predicted octanol–water partition coefficient (Wildman–Crippen LogP) is 10.4. The molecule has 9 aromatic rings. The Labute approximate surface area is 396 Å². The van der Waals surface area contributed by atoms with Crippen molar-refractivity contribution < 1.29 is 27.4 Å². The van der Waals surface area contributed by atoms with E-state index in [0.29, 0.717) is 0 Å². The first-order valence-corrected chi connectivity index (χ1v) is 26.3. The molecule has 0 spiro atoms. The van der Waals surface area contributed by atoms with Gasteiger partial charge in [0.05, 0.1) is 23.8 Å². The van der Waals surface area contributed by atoms with E-state index in [9.17, 15) is 9.95 Å². The number of halogens is 3. The van der Waals surface area contributed by atoms with Crippen LogP contribution in [0.25, 0.3) is 0 Å². The molecule has 62 heavy (non-hydrogen) atoms. The molecule has 0 heterocycles. The maximum Gasteiger partial charge on any atom is 0.102 e. The fraction of sp³-hybridized carbons (Fsp3) is 0. The second-order valence-corrected chi connectivity index (χ2v) is 21.8. The van der Waals surface area contributed by atoms with E-state index in [1.165, 1.54) is 47.7 Å². The van der Waals surface area contributed by atoms with Crippen molar-refractivity contribution in [1.82, 2.24) is 0 Å². The second kappa shape index (κ2) is 27.6. The molecule has 0 bridgehead atoms. The van der Waals surface area contributed by atoms with Crippen molar-refractivity contribution in [1.29, 1.82) is 0 Å². The standard InChI is InChI=1S/3C18H15P.3FH.Ru.Tl/c3*1-4-10-16(11-5-1)19(17-12-6-2-7-13-17)18-14-8-3-9-15-18;;;;;/h3*1-15H;3*1H;;/q;;;;;;+3;. The normalized spacial score (nSPS) is 10.5. The molecule has 0 aliphatic carbocycles. The van der Waals surface area contributed by atoms with Gasteiger partial charge < -0.3 is 0 Å². The third kappa shape index (κ3) is 15.4. The molecule has 8 heteroatoms. The smallest absolute Gasteiger partial charge is 0.0620 e. The van der Waals surface area contributed by atoms with Crippen molar-refractivity contribution in [3.63, 3.8) is 0 Å². The Hall–Kier alpha value is -4.39. The van der Waals surface area contributed by atoms with E-state index in [0.717, 1.165) is 0 Å². The van der Waals surface area contributed by atoms with E-state index in [1.807, 2.05) is 0 Å². The molecular formula is C54H48F3P3RuTl+3. The van der Waals surface area contributed by atoms with Gasteiger partial charge in [-0.1, -0.05) is 164 Å². The molecule has 0 fully saturated rings. The summed E-state index contributed by atoms with van der Waals surface area (Å²) in [7, 11) is -2.63. The van der Waals surface area contributed by atoms with Gasteiger partial charge in [-0.15, -0.1) is 0 Å². The van der Waals surface area contributed by atoms with Crippen LogP contribution in [0.2, 0.25) is 0 Å². The Morgan fingerprint density at radius 3 is 0.355 bits per heavy atom. The Morgan fingerprint density at radius 1 is 0.194 bits per heavy atom. The molecule has 0 saturated carbocycles. The Bertz CT molecular complexity index is 1930. The van der Waals surface area contributed by atoms with E-state index < -0.39 is 41.2 Å². The quantitative estimate of drug-likeness (QED) is 0.0998. The number of benzene rings is 9. The summed E-state index contributed by atoms with van der Waals surface area (Å²) in [6, 6.07) is 97.5. The van der Waals surface area contributed by atoms with Crippen LogP contribution in [0.1, 0.15) is 0 Å². The molecule has 0 unspecified atom stereocenters. The summed E-state index contributed by atoms with van der Waals surface area (Å²) in [6.45, 7) is 0. The summed E-state index contributed by atoms with van der Waals surface area (Å²) in [4.78, 5) is 0. The van der Waals surface area contributed by atoms with Gasteiger partial charge in [-0.05, 0) is 109 Å². The Kier molecular flexibility index (Phi) is 21.7. The summed E-state index contributed by atoms with van der Waals surface area (Å²) < 4.78 is 29.4. The molecule has 9 aromatic carbocycles. The SMILES string of the molecule is [F][Ru]([F])[F].[Tl].c1ccc([PH+](c2ccccc2)c2ccccc2)cc1.c1ccc([PH+](c2ccccc2)c2ccccc2)cc1.c1ccc([PH+](c2ccccc2)c2ccccc2)cc1. The zero-order valence-corrected chi connectivity index (χ0v) is 43.3. The topological polar surface area (TPSA) is 0 Å². The van der Waals surface area contributed by atoms with Crippen LogP contribution >= 0.6 is 23.8 Å². The van der Waals surface area contributed by atoms with E-state index in [1.54, 1.807) is 0 Å². The molecule has 0 atom stereocenters. The van der Waals surface area contributed by atoms with Gasteiger partial charge in [0.15, 0.2) is 0 Å². The molecule has 9 rings (SSSR count). The first-order valence-electron chi connectivity index (χ1n) is 19.8. The first-order chi connectivity index (χ1) is 30.1. The predicted molar refractivity (Wildman–Crippen MR) is 269 cm³/mol.